The predicted octanol–water partition coefficient (Wildman–Crippen LogP) is 1.96. The standard InChI is InChI=1S/C14H26N4O2/c1-5-19-11-7-6-8-18(10-11)13-17-16-12(20-13)9-15-14(2,3)4/h11,15H,5-10H2,1-4H3. The minimum atomic E-state index is 0.0415. The van der Waals surface area contributed by atoms with Crippen LogP contribution >= 0.6 is 0 Å². The van der Waals surface area contributed by atoms with E-state index in [-0.39, 0.29) is 11.6 Å². The summed E-state index contributed by atoms with van der Waals surface area (Å²) < 4.78 is 11.4. The van der Waals surface area contributed by atoms with Gasteiger partial charge < -0.3 is 19.4 Å². The molecule has 1 saturated heterocycles. The van der Waals surface area contributed by atoms with E-state index >= 15 is 0 Å². The van der Waals surface area contributed by atoms with Crippen molar-refractivity contribution in [3.63, 3.8) is 0 Å². The Morgan fingerprint density at radius 2 is 2.20 bits per heavy atom. The fourth-order valence-corrected chi connectivity index (χ4v) is 2.27. The third-order valence-corrected chi connectivity index (χ3v) is 3.28. The lowest BCUT2D eigenvalue weighted by molar-refractivity contribution is 0.0516. The zero-order chi connectivity index (χ0) is 14.6. The normalized spacial score (nSPS) is 20.4. The molecule has 1 aliphatic heterocycles. The summed E-state index contributed by atoms with van der Waals surface area (Å²) in [7, 11) is 0. The van der Waals surface area contributed by atoms with Crippen molar-refractivity contribution in [2.24, 2.45) is 0 Å². The monoisotopic (exact) mass is 282 g/mol. The molecule has 1 aromatic heterocycles. The first kappa shape index (κ1) is 15.3. The Kier molecular flexibility index (Phi) is 4.99. The van der Waals surface area contributed by atoms with Gasteiger partial charge in [-0.3, -0.25) is 0 Å². The molecule has 1 aromatic rings. The van der Waals surface area contributed by atoms with Crippen LogP contribution in [0.2, 0.25) is 0 Å². The molecule has 0 aromatic carbocycles. The highest BCUT2D eigenvalue weighted by Crippen LogP contribution is 2.20. The number of ether oxygens (including phenoxy) is 1. The largest absolute Gasteiger partial charge is 0.407 e. The summed E-state index contributed by atoms with van der Waals surface area (Å²) in [6.45, 7) is 11.5. The van der Waals surface area contributed by atoms with E-state index in [0.717, 1.165) is 32.5 Å². The summed E-state index contributed by atoms with van der Waals surface area (Å²) in [6, 6.07) is 0.611. The molecule has 0 spiro atoms. The number of anilines is 1. The molecule has 0 bridgehead atoms. The Hall–Kier alpha value is -1.14. The van der Waals surface area contributed by atoms with Gasteiger partial charge in [0.25, 0.3) is 0 Å². The van der Waals surface area contributed by atoms with Crippen molar-refractivity contribution in [3.05, 3.63) is 5.89 Å². The van der Waals surface area contributed by atoms with E-state index in [2.05, 4.69) is 41.2 Å². The molecule has 1 atom stereocenters. The first-order chi connectivity index (χ1) is 9.48. The molecule has 114 valence electrons. The second-order valence-electron chi connectivity index (χ2n) is 6.25. The lowest BCUT2D eigenvalue weighted by Crippen LogP contribution is -2.40. The molecule has 0 saturated carbocycles. The molecule has 0 radical (unpaired) electrons. The average Bonchev–Trinajstić information content (AvgIpc) is 2.85. The maximum atomic E-state index is 5.73. The second-order valence-corrected chi connectivity index (χ2v) is 6.25. The quantitative estimate of drug-likeness (QED) is 0.890. The first-order valence-electron chi connectivity index (χ1n) is 7.42. The molecule has 0 aliphatic carbocycles. The van der Waals surface area contributed by atoms with Crippen LogP contribution in [-0.2, 0) is 11.3 Å². The molecule has 1 fully saturated rings. The molecule has 0 amide bonds. The molecule has 6 nitrogen and oxygen atoms in total. The maximum absolute atomic E-state index is 5.73. The van der Waals surface area contributed by atoms with Crippen LogP contribution in [0, 0.1) is 0 Å². The van der Waals surface area contributed by atoms with E-state index in [0.29, 0.717) is 18.5 Å². The molecular formula is C14H26N4O2. The maximum Gasteiger partial charge on any atom is 0.318 e. The molecule has 1 aliphatic rings. The van der Waals surface area contributed by atoms with Crippen LogP contribution in [0.4, 0.5) is 6.01 Å². The number of nitrogens with one attached hydrogen (secondary N) is 1. The van der Waals surface area contributed by atoms with Crippen LogP contribution in [0.3, 0.4) is 0 Å². The Morgan fingerprint density at radius 1 is 1.40 bits per heavy atom. The molecule has 20 heavy (non-hydrogen) atoms. The fraction of sp³-hybridized carbons (Fsp3) is 0.857. The highest BCUT2D eigenvalue weighted by atomic mass is 16.5. The van der Waals surface area contributed by atoms with E-state index in [1.165, 1.54) is 0 Å². The lowest BCUT2D eigenvalue weighted by Gasteiger charge is -2.30. The van der Waals surface area contributed by atoms with Gasteiger partial charge >= 0.3 is 6.01 Å². The van der Waals surface area contributed by atoms with Crippen molar-refractivity contribution in [3.8, 4) is 0 Å². The minimum absolute atomic E-state index is 0.0415. The zero-order valence-corrected chi connectivity index (χ0v) is 13.0. The van der Waals surface area contributed by atoms with Crippen molar-refractivity contribution in [2.45, 2.75) is 58.7 Å². The predicted molar refractivity (Wildman–Crippen MR) is 77.8 cm³/mol. The Labute approximate surface area is 120 Å². The van der Waals surface area contributed by atoms with E-state index in [9.17, 15) is 0 Å². The van der Waals surface area contributed by atoms with Gasteiger partial charge in [-0.15, -0.1) is 5.10 Å². The number of hydrogen-bond donors (Lipinski definition) is 1. The van der Waals surface area contributed by atoms with Crippen LogP contribution < -0.4 is 10.2 Å². The molecular weight excluding hydrogens is 256 g/mol. The molecule has 1 N–H and O–H groups in total. The van der Waals surface area contributed by atoms with Gasteiger partial charge in [0, 0.05) is 25.2 Å². The first-order valence-corrected chi connectivity index (χ1v) is 7.42. The summed E-state index contributed by atoms with van der Waals surface area (Å²) in [5.41, 5.74) is 0.0415. The van der Waals surface area contributed by atoms with Crippen molar-refractivity contribution in [2.75, 3.05) is 24.6 Å². The summed E-state index contributed by atoms with van der Waals surface area (Å²) in [5.74, 6) is 0.633. The Balaban J connectivity index is 1.91. The number of nitrogens with zero attached hydrogens (tertiary/aromatic N) is 3. The topological polar surface area (TPSA) is 63.4 Å². The van der Waals surface area contributed by atoms with Crippen molar-refractivity contribution < 1.29 is 9.15 Å². The smallest absolute Gasteiger partial charge is 0.318 e. The number of hydrogen-bond acceptors (Lipinski definition) is 6. The van der Waals surface area contributed by atoms with Crippen LogP contribution in [-0.4, -0.2) is 41.5 Å². The summed E-state index contributed by atoms with van der Waals surface area (Å²) in [5, 5.41) is 11.6. The Morgan fingerprint density at radius 3 is 2.90 bits per heavy atom. The van der Waals surface area contributed by atoms with Crippen molar-refractivity contribution >= 4 is 6.01 Å². The van der Waals surface area contributed by atoms with Gasteiger partial charge in [-0.25, -0.2) is 0 Å². The van der Waals surface area contributed by atoms with Crippen LogP contribution in [0.5, 0.6) is 0 Å². The summed E-state index contributed by atoms with van der Waals surface area (Å²) in [6.07, 6.45) is 2.48. The van der Waals surface area contributed by atoms with Crippen molar-refractivity contribution in [1.82, 2.24) is 15.5 Å². The summed E-state index contributed by atoms with van der Waals surface area (Å²) >= 11 is 0. The van der Waals surface area contributed by atoms with E-state index in [1.54, 1.807) is 0 Å². The molecule has 1 unspecified atom stereocenters. The number of aromatic nitrogens is 2. The van der Waals surface area contributed by atoms with Gasteiger partial charge in [0.05, 0.1) is 12.6 Å². The van der Waals surface area contributed by atoms with Crippen molar-refractivity contribution in [1.29, 1.82) is 0 Å². The van der Waals surface area contributed by atoms with Gasteiger partial charge in [0.2, 0.25) is 5.89 Å². The third kappa shape index (κ3) is 4.45. The fourth-order valence-electron chi connectivity index (χ4n) is 2.27. The highest BCUT2D eigenvalue weighted by molar-refractivity contribution is 5.25. The number of rotatable bonds is 5. The summed E-state index contributed by atoms with van der Waals surface area (Å²) in [4.78, 5) is 2.12. The van der Waals surface area contributed by atoms with Gasteiger partial charge in [0.15, 0.2) is 0 Å². The van der Waals surface area contributed by atoms with Gasteiger partial charge in [-0.1, -0.05) is 5.10 Å². The molecule has 6 heteroatoms. The zero-order valence-electron chi connectivity index (χ0n) is 13.0. The van der Waals surface area contributed by atoms with Gasteiger partial charge in [0.1, 0.15) is 0 Å². The van der Waals surface area contributed by atoms with Crippen LogP contribution in [0.25, 0.3) is 0 Å². The highest BCUT2D eigenvalue weighted by Gasteiger charge is 2.24. The SMILES string of the molecule is CCOC1CCCN(c2nnc(CNC(C)(C)C)o2)C1. The van der Waals surface area contributed by atoms with E-state index in [1.807, 2.05) is 6.92 Å². The van der Waals surface area contributed by atoms with E-state index < -0.39 is 0 Å². The van der Waals surface area contributed by atoms with Crippen LogP contribution in [0.15, 0.2) is 4.42 Å². The molecule has 2 rings (SSSR count). The van der Waals surface area contributed by atoms with Gasteiger partial charge in [-0.2, -0.15) is 0 Å². The molecule has 2 heterocycles. The van der Waals surface area contributed by atoms with Crippen LogP contribution in [0.1, 0.15) is 46.4 Å². The minimum Gasteiger partial charge on any atom is -0.407 e. The van der Waals surface area contributed by atoms with E-state index in [4.69, 9.17) is 9.15 Å². The Bertz CT molecular complexity index is 412. The van der Waals surface area contributed by atoms with Gasteiger partial charge in [-0.05, 0) is 40.5 Å². The third-order valence-electron chi connectivity index (χ3n) is 3.28. The lowest BCUT2D eigenvalue weighted by atomic mass is 10.1. The second kappa shape index (κ2) is 6.54. The average molecular weight is 282 g/mol. The number of piperidine rings is 1.